The van der Waals surface area contributed by atoms with Gasteiger partial charge >= 0.3 is 12.1 Å². The van der Waals surface area contributed by atoms with Crippen LogP contribution in [-0.4, -0.2) is 28.0 Å². The number of hydrogen-bond donors (Lipinski definition) is 0. The molecule has 1 aromatic heterocycles. The molecule has 0 aliphatic heterocycles. The molecule has 27 heavy (non-hydrogen) atoms. The molecule has 0 aliphatic carbocycles. The van der Waals surface area contributed by atoms with Crippen LogP contribution in [0.25, 0.3) is 11.4 Å². The number of aromatic nitrogens is 2. The molecule has 0 fully saturated rings. The Hall–Kier alpha value is -3.23. The second kappa shape index (κ2) is 7.18. The van der Waals surface area contributed by atoms with Crippen molar-refractivity contribution in [3.8, 4) is 11.4 Å². The van der Waals surface area contributed by atoms with E-state index in [1.54, 1.807) is 18.2 Å². The average molecular weight is 379 g/mol. The van der Waals surface area contributed by atoms with Crippen LogP contribution < -0.4 is 0 Å². The third-order valence-electron chi connectivity index (χ3n) is 3.77. The molecule has 5 nitrogen and oxygen atoms in total. The number of carbonyl (C=O) groups is 1. The first-order chi connectivity index (χ1) is 12.8. The highest BCUT2D eigenvalue weighted by Crippen LogP contribution is 2.29. The monoisotopic (exact) mass is 379 g/mol. The Kier molecular flexibility index (Phi) is 4.93. The van der Waals surface area contributed by atoms with Gasteiger partial charge in [0.25, 0.3) is 5.91 Å². The molecule has 0 spiro atoms. The minimum Gasteiger partial charge on any atom is -0.337 e. The van der Waals surface area contributed by atoms with Crippen LogP contribution in [0.4, 0.5) is 17.6 Å². The molecule has 9 heteroatoms. The van der Waals surface area contributed by atoms with E-state index >= 15 is 0 Å². The molecule has 0 saturated carbocycles. The minimum absolute atomic E-state index is 0.0764. The van der Waals surface area contributed by atoms with E-state index in [4.69, 9.17) is 0 Å². The number of benzene rings is 2. The van der Waals surface area contributed by atoms with Crippen LogP contribution in [0.2, 0.25) is 0 Å². The van der Waals surface area contributed by atoms with Gasteiger partial charge in [0.2, 0.25) is 5.82 Å². The first-order valence-electron chi connectivity index (χ1n) is 7.76. The Morgan fingerprint density at radius 2 is 1.78 bits per heavy atom. The van der Waals surface area contributed by atoms with E-state index in [-0.39, 0.29) is 29.4 Å². The number of nitrogens with zero attached hydrogens (tertiary/aromatic N) is 3. The second-order valence-corrected chi connectivity index (χ2v) is 5.75. The minimum atomic E-state index is -4.73. The lowest BCUT2D eigenvalue weighted by Gasteiger charge is -2.17. The summed E-state index contributed by atoms with van der Waals surface area (Å²) < 4.78 is 55.4. The maximum Gasteiger partial charge on any atom is 0.471 e. The molecule has 1 heterocycles. The van der Waals surface area contributed by atoms with Gasteiger partial charge < -0.3 is 9.42 Å². The average Bonchev–Trinajstić information content (AvgIpc) is 3.14. The molecule has 0 unspecified atom stereocenters. The van der Waals surface area contributed by atoms with Gasteiger partial charge in [0.05, 0.1) is 0 Å². The van der Waals surface area contributed by atoms with Gasteiger partial charge in [-0.3, -0.25) is 4.79 Å². The van der Waals surface area contributed by atoms with E-state index < -0.39 is 17.9 Å². The molecule has 0 N–H and O–H groups in total. The number of alkyl halides is 3. The zero-order valence-corrected chi connectivity index (χ0v) is 14.0. The normalized spacial score (nSPS) is 11.4. The Morgan fingerprint density at radius 1 is 1.11 bits per heavy atom. The van der Waals surface area contributed by atoms with Crippen LogP contribution >= 0.6 is 0 Å². The molecule has 1 amide bonds. The van der Waals surface area contributed by atoms with E-state index in [1.807, 2.05) is 0 Å². The summed E-state index contributed by atoms with van der Waals surface area (Å²) >= 11 is 0. The quantitative estimate of drug-likeness (QED) is 0.639. The standard InChI is InChI=1S/C18H13F4N3O2/c1-25(10-13-4-2-3-5-14(13)19)16(26)12-8-6-11(7-9-12)15-23-17(27-24-15)18(20,21)22/h2-9H,10H2,1H3. The fourth-order valence-corrected chi connectivity index (χ4v) is 2.39. The molecule has 0 aliphatic rings. The SMILES string of the molecule is CN(Cc1ccccc1F)C(=O)c1ccc(-c2noc(C(F)(F)F)n2)cc1. The van der Waals surface area contributed by atoms with Crippen LogP contribution in [0.5, 0.6) is 0 Å². The van der Waals surface area contributed by atoms with Crippen LogP contribution in [0, 0.1) is 5.82 Å². The van der Waals surface area contributed by atoms with Crippen LogP contribution in [0.1, 0.15) is 21.8 Å². The highest BCUT2D eigenvalue weighted by molar-refractivity contribution is 5.94. The number of rotatable bonds is 4. The van der Waals surface area contributed by atoms with Gasteiger partial charge in [-0.25, -0.2) is 4.39 Å². The van der Waals surface area contributed by atoms with Gasteiger partial charge in [0.1, 0.15) is 5.82 Å². The third kappa shape index (κ3) is 4.13. The van der Waals surface area contributed by atoms with Crippen molar-refractivity contribution in [1.29, 1.82) is 0 Å². The molecule has 0 radical (unpaired) electrons. The smallest absolute Gasteiger partial charge is 0.337 e. The van der Waals surface area contributed by atoms with Crippen LogP contribution in [-0.2, 0) is 12.7 Å². The Bertz CT molecular complexity index is 952. The summed E-state index contributed by atoms with van der Waals surface area (Å²) in [7, 11) is 1.53. The topological polar surface area (TPSA) is 59.2 Å². The van der Waals surface area contributed by atoms with Gasteiger partial charge in [-0.15, -0.1) is 0 Å². The molecule has 3 rings (SSSR count). The van der Waals surface area contributed by atoms with Crippen LogP contribution in [0.3, 0.4) is 0 Å². The third-order valence-corrected chi connectivity index (χ3v) is 3.77. The number of amides is 1. The number of halogens is 4. The van der Waals surface area contributed by atoms with E-state index in [9.17, 15) is 22.4 Å². The summed E-state index contributed by atoms with van der Waals surface area (Å²) in [6, 6.07) is 11.8. The molecule has 0 bridgehead atoms. The maximum atomic E-state index is 13.7. The predicted octanol–water partition coefficient (Wildman–Crippen LogP) is 4.17. The van der Waals surface area contributed by atoms with E-state index in [0.29, 0.717) is 5.56 Å². The number of carbonyl (C=O) groups excluding carboxylic acids is 1. The molecular formula is C18H13F4N3O2. The van der Waals surface area contributed by atoms with E-state index in [0.717, 1.165) is 0 Å². The van der Waals surface area contributed by atoms with Crippen molar-refractivity contribution in [1.82, 2.24) is 15.0 Å². The summed E-state index contributed by atoms with van der Waals surface area (Å²) in [6.45, 7) is 0.0764. The largest absolute Gasteiger partial charge is 0.471 e. The van der Waals surface area contributed by atoms with Gasteiger partial charge in [-0.1, -0.05) is 35.5 Å². The van der Waals surface area contributed by atoms with Crippen molar-refractivity contribution in [2.75, 3.05) is 7.05 Å². The Balaban J connectivity index is 1.74. The highest BCUT2D eigenvalue weighted by Gasteiger charge is 2.38. The van der Waals surface area contributed by atoms with Crippen LogP contribution in [0.15, 0.2) is 53.1 Å². The van der Waals surface area contributed by atoms with Crippen molar-refractivity contribution < 1.29 is 26.9 Å². The molecule has 140 valence electrons. The molecular weight excluding hydrogens is 366 g/mol. The molecule has 2 aromatic carbocycles. The second-order valence-electron chi connectivity index (χ2n) is 5.75. The Labute approximate surface area is 151 Å². The lowest BCUT2D eigenvalue weighted by Crippen LogP contribution is -2.26. The van der Waals surface area contributed by atoms with Gasteiger partial charge in [-0.2, -0.15) is 18.2 Å². The summed E-state index contributed by atoms with van der Waals surface area (Å²) in [6.07, 6.45) is -4.73. The van der Waals surface area contributed by atoms with Crippen molar-refractivity contribution in [2.24, 2.45) is 0 Å². The maximum absolute atomic E-state index is 13.7. The summed E-state index contributed by atoms with van der Waals surface area (Å²) in [4.78, 5) is 17.1. The zero-order valence-electron chi connectivity index (χ0n) is 14.0. The highest BCUT2D eigenvalue weighted by atomic mass is 19.4. The van der Waals surface area contributed by atoms with E-state index in [2.05, 4.69) is 14.7 Å². The van der Waals surface area contributed by atoms with Crippen molar-refractivity contribution in [2.45, 2.75) is 12.7 Å². The summed E-state index contributed by atoms with van der Waals surface area (Å²) in [5, 5.41) is 3.28. The molecule has 0 atom stereocenters. The zero-order chi connectivity index (χ0) is 19.6. The van der Waals surface area contributed by atoms with Crippen molar-refractivity contribution >= 4 is 5.91 Å². The fraction of sp³-hybridized carbons (Fsp3) is 0.167. The predicted molar refractivity (Wildman–Crippen MR) is 86.9 cm³/mol. The molecule has 0 saturated heterocycles. The van der Waals surface area contributed by atoms with Crippen molar-refractivity contribution in [3.05, 3.63) is 71.4 Å². The van der Waals surface area contributed by atoms with Gasteiger partial charge in [0.15, 0.2) is 0 Å². The Morgan fingerprint density at radius 3 is 2.37 bits per heavy atom. The van der Waals surface area contributed by atoms with Gasteiger partial charge in [0, 0.05) is 30.3 Å². The first-order valence-corrected chi connectivity index (χ1v) is 7.76. The lowest BCUT2D eigenvalue weighted by molar-refractivity contribution is -0.159. The number of hydrogen-bond acceptors (Lipinski definition) is 4. The van der Waals surface area contributed by atoms with Crippen molar-refractivity contribution in [3.63, 3.8) is 0 Å². The van der Waals surface area contributed by atoms with Gasteiger partial charge in [-0.05, 0) is 18.2 Å². The first kappa shape index (κ1) is 18.6. The lowest BCUT2D eigenvalue weighted by atomic mass is 10.1. The fourth-order valence-electron chi connectivity index (χ4n) is 2.39. The summed E-state index contributed by atoms with van der Waals surface area (Å²) in [5.41, 5.74) is 0.927. The molecule has 3 aromatic rings. The summed E-state index contributed by atoms with van der Waals surface area (Å²) in [5.74, 6) is -2.46. The van der Waals surface area contributed by atoms with E-state index in [1.165, 1.54) is 42.3 Å².